The molecular formula is C50H64N2O6S2. The van der Waals surface area contributed by atoms with E-state index in [1.807, 2.05) is 0 Å². The van der Waals surface area contributed by atoms with Crippen molar-refractivity contribution in [3.63, 3.8) is 0 Å². The number of fused-ring (bicyclic) bond motifs is 6. The minimum atomic E-state index is -4.27. The lowest BCUT2D eigenvalue weighted by Gasteiger charge is -2.53. The molecule has 6 rings (SSSR count). The fraction of sp³-hybridized carbons (Fsp3) is 0.460. The molecule has 2 atom stereocenters. The van der Waals surface area contributed by atoms with Gasteiger partial charge in [0.1, 0.15) is 6.54 Å². The van der Waals surface area contributed by atoms with Crippen molar-refractivity contribution in [1.82, 2.24) is 0 Å². The summed E-state index contributed by atoms with van der Waals surface area (Å²) in [6.07, 6.45) is 20.1. The van der Waals surface area contributed by atoms with E-state index in [9.17, 15) is 25.9 Å². The first-order chi connectivity index (χ1) is 28.5. The van der Waals surface area contributed by atoms with Crippen LogP contribution in [0.5, 0.6) is 0 Å². The van der Waals surface area contributed by atoms with Gasteiger partial charge in [0.2, 0.25) is 5.69 Å². The minimum Gasteiger partial charge on any atom is -0.748 e. The fourth-order valence-corrected chi connectivity index (χ4v) is 11.8. The molecule has 2 aliphatic heterocycles. The maximum Gasteiger partial charge on any atom is 0.264 e. The number of unbranched alkanes of at least 4 members (excludes halogenated alkanes) is 4. The van der Waals surface area contributed by atoms with E-state index in [2.05, 4.69) is 160 Å². The molecule has 8 nitrogen and oxygen atoms in total. The van der Waals surface area contributed by atoms with Crippen molar-refractivity contribution < 1.29 is 30.5 Å². The second-order valence-corrected chi connectivity index (χ2v) is 20.9. The summed E-state index contributed by atoms with van der Waals surface area (Å²) in [4.78, 5) is 2.61. The van der Waals surface area contributed by atoms with E-state index in [-0.39, 0.29) is 33.8 Å². The number of rotatable bonds is 20. The first-order valence-corrected chi connectivity index (χ1v) is 25.0. The summed E-state index contributed by atoms with van der Waals surface area (Å²) in [5.41, 5.74) is 5.19. The van der Waals surface area contributed by atoms with Crippen LogP contribution < -0.4 is 4.90 Å². The van der Waals surface area contributed by atoms with Crippen molar-refractivity contribution in [2.24, 2.45) is 5.92 Å². The van der Waals surface area contributed by atoms with E-state index < -0.39 is 20.2 Å². The summed E-state index contributed by atoms with van der Waals surface area (Å²) >= 11 is 0. The molecule has 1 N–H and O–H groups in total. The Balaban J connectivity index is 1.34. The quantitative estimate of drug-likeness (QED) is 0.0407. The summed E-state index contributed by atoms with van der Waals surface area (Å²) in [6.45, 7) is 15.1. The van der Waals surface area contributed by atoms with Gasteiger partial charge in [-0.25, -0.2) is 8.42 Å². The zero-order valence-electron chi connectivity index (χ0n) is 36.4. The van der Waals surface area contributed by atoms with Crippen LogP contribution in [0.25, 0.3) is 21.5 Å². The fourth-order valence-electron chi connectivity index (χ4n) is 10.7. The highest BCUT2D eigenvalue weighted by Gasteiger charge is 2.59. The molecular weight excluding hydrogens is 789 g/mol. The summed E-state index contributed by atoms with van der Waals surface area (Å²) in [5.74, 6) is -0.431. The number of anilines is 1. The topological polar surface area (TPSA) is 118 Å². The van der Waals surface area contributed by atoms with Crippen LogP contribution in [0.4, 0.5) is 11.4 Å². The molecule has 2 unspecified atom stereocenters. The number of benzene rings is 4. The molecule has 0 fully saturated rings. The first-order valence-electron chi connectivity index (χ1n) is 21.8. The van der Waals surface area contributed by atoms with Gasteiger partial charge in [-0.15, -0.1) is 0 Å². The van der Waals surface area contributed by atoms with Gasteiger partial charge in [-0.2, -0.15) is 13.0 Å². The normalized spacial score (nSPS) is 19.4. The van der Waals surface area contributed by atoms with Crippen molar-refractivity contribution in [1.29, 1.82) is 0 Å². The maximum atomic E-state index is 11.7. The average molecular weight is 853 g/mol. The highest BCUT2D eigenvalue weighted by molar-refractivity contribution is 7.85. The van der Waals surface area contributed by atoms with Crippen LogP contribution in [-0.2, 0) is 31.1 Å². The van der Waals surface area contributed by atoms with Crippen molar-refractivity contribution in [3.05, 3.63) is 120 Å². The van der Waals surface area contributed by atoms with Gasteiger partial charge in [0.05, 0.1) is 26.8 Å². The Morgan fingerprint density at radius 3 is 2.02 bits per heavy atom. The molecule has 10 heteroatoms. The molecule has 0 spiro atoms. The highest BCUT2D eigenvalue weighted by Crippen LogP contribution is 2.60. The summed E-state index contributed by atoms with van der Waals surface area (Å²) in [5, 5.41) is 4.85. The lowest BCUT2D eigenvalue weighted by atomic mass is 9.60. The summed E-state index contributed by atoms with van der Waals surface area (Å²) < 4.78 is 69.4. The third-order valence-corrected chi connectivity index (χ3v) is 14.9. The minimum absolute atomic E-state index is 0.171. The Hall–Kier alpha value is -4.09. The standard InChI is InChI=1S/C50H64N2O6S2/c1-7-9-18-33-50(49(5,6)47-42-27-17-15-24-39(42)30-32-44(47)52(50)35-20-22-37-60(56,57)58)40(8-2)25-12-10-11-13-28-45-48(3,4)46-41-26-16-14-23-38(41)29-31-43(46)51(45)34-19-21-36-59(53,54)55/h10-17,23-32,40H,7-9,18-22,33-37H2,1-6H3,(H-,53,54,55,56,57,58)/b11-10+,25-12+,28-13+. The monoisotopic (exact) mass is 852 g/mol. The molecule has 4 aromatic rings. The third kappa shape index (κ3) is 9.22. The van der Waals surface area contributed by atoms with E-state index in [0.717, 1.165) is 43.5 Å². The summed E-state index contributed by atoms with van der Waals surface area (Å²) in [6, 6.07) is 25.8. The number of allylic oxidation sites excluding steroid dienone is 5. The second kappa shape index (κ2) is 18.5. The Bertz CT molecular complexity index is 2530. The molecule has 0 aliphatic carbocycles. The van der Waals surface area contributed by atoms with Crippen molar-refractivity contribution in [2.75, 3.05) is 29.5 Å². The second-order valence-electron chi connectivity index (χ2n) is 17.8. The van der Waals surface area contributed by atoms with Crippen LogP contribution >= 0.6 is 0 Å². The predicted molar refractivity (Wildman–Crippen MR) is 249 cm³/mol. The van der Waals surface area contributed by atoms with Crippen LogP contribution in [0.1, 0.15) is 110 Å². The predicted octanol–water partition coefficient (Wildman–Crippen LogP) is 11.2. The van der Waals surface area contributed by atoms with Gasteiger partial charge in [-0.3, -0.25) is 4.55 Å². The molecule has 0 radical (unpaired) electrons. The smallest absolute Gasteiger partial charge is 0.264 e. The Morgan fingerprint density at radius 1 is 0.733 bits per heavy atom. The molecule has 0 bridgehead atoms. The molecule has 322 valence electrons. The number of nitrogens with zero attached hydrogens (tertiary/aromatic N) is 2. The molecule has 2 aliphatic rings. The van der Waals surface area contributed by atoms with Gasteiger partial charge in [-0.05, 0) is 85.2 Å². The molecule has 0 saturated carbocycles. The Morgan fingerprint density at radius 2 is 1.37 bits per heavy atom. The van der Waals surface area contributed by atoms with Gasteiger partial charge < -0.3 is 9.45 Å². The van der Waals surface area contributed by atoms with E-state index in [1.165, 1.54) is 38.4 Å². The molecule has 0 amide bonds. The van der Waals surface area contributed by atoms with Gasteiger partial charge in [-0.1, -0.05) is 132 Å². The molecule has 0 aromatic heterocycles. The molecule has 2 heterocycles. The highest BCUT2D eigenvalue weighted by atomic mass is 32.2. The molecule has 4 aromatic carbocycles. The SMILES string of the molecule is CCCCCC1(C(/C=C/C=C/C=C/C2=[N+](CCCCS(=O)(=O)[O-])c3ccc4ccccc4c3C2(C)C)CC)N(CCCCS(=O)(=O)O)c2ccc3ccccc3c2C1(C)C. The van der Waals surface area contributed by atoms with Crippen LogP contribution in [0.3, 0.4) is 0 Å². The third-order valence-electron chi connectivity index (χ3n) is 13.3. The number of hydrogen-bond acceptors (Lipinski definition) is 6. The molecule has 60 heavy (non-hydrogen) atoms. The summed E-state index contributed by atoms with van der Waals surface area (Å²) in [7, 11) is -8.32. The Kier molecular flexibility index (Phi) is 14.0. The number of hydrogen-bond donors (Lipinski definition) is 1. The van der Waals surface area contributed by atoms with Gasteiger partial charge >= 0.3 is 0 Å². The van der Waals surface area contributed by atoms with E-state index in [4.69, 9.17) is 0 Å². The van der Waals surface area contributed by atoms with Gasteiger partial charge in [0, 0.05) is 53.4 Å². The van der Waals surface area contributed by atoms with E-state index >= 15 is 0 Å². The van der Waals surface area contributed by atoms with Crippen LogP contribution in [-0.4, -0.2) is 66.4 Å². The first kappa shape index (κ1) is 45.4. The van der Waals surface area contributed by atoms with Gasteiger partial charge in [0.15, 0.2) is 5.71 Å². The van der Waals surface area contributed by atoms with E-state index in [0.29, 0.717) is 38.8 Å². The van der Waals surface area contributed by atoms with Crippen LogP contribution in [0, 0.1) is 5.92 Å². The van der Waals surface area contributed by atoms with Crippen molar-refractivity contribution in [3.8, 4) is 0 Å². The van der Waals surface area contributed by atoms with Crippen molar-refractivity contribution in [2.45, 2.75) is 116 Å². The Labute approximate surface area is 359 Å². The van der Waals surface area contributed by atoms with Crippen LogP contribution in [0.2, 0.25) is 0 Å². The van der Waals surface area contributed by atoms with E-state index in [1.54, 1.807) is 0 Å². The average Bonchev–Trinajstić information content (AvgIpc) is 3.53. The van der Waals surface area contributed by atoms with Gasteiger partial charge in [0.25, 0.3) is 10.1 Å². The largest absolute Gasteiger partial charge is 0.748 e. The molecule has 0 saturated heterocycles. The zero-order valence-corrected chi connectivity index (χ0v) is 38.0. The zero-order chi connectivity index (χ0) is 43.3. The van der Waals surface area contributed by atoms with Crippen LogP contribution in [0.15, 0.2) is 109 Å². The maximum absolute atomic E-state index is 11.7. The lowest BCUT2D eigenvalue weighted by Crippen LogP contribution is -2.60. The van der Waals surface area contributed by atoms with Crippen molar-refractivity contribution >= 4 is 58.9 Å². The lowest BCUT2D eigenvalue weighted by molar-refractivity contribution is -0.438.